The van der Waals surface area contributed by atoms with Crippen LogP contribution in [0.3, 0.4) is 0 Å². The van der Waals surface area contributed by atoms with Crippen molar-refractivity contribution < 1.29 is 28.9 Å². The Hall–Kier alpha value is -2.55. The van der Waals surface area contributed by atoms with E-state index in [-0.39, 0.29) is 36.5 Å². The molecule has 2 saturated heterocycles. The van der Waals surface area contributed by atoms with E-state index in [9.17, 15) is 14.7 Å². The number of allylic oxidation sites excluding steroid dienone is 3. The Labute approximate surface area is 217 Å². The van der Waals surface area contributed by atoms with Gasteiger partial charge >= 0.3 is 6.09 Å². The lowest BCUT2D eigenvalue weighted by atomic mass is 9.85. The molecule has 0 radical (unpaired) electrons. The average molecular weight is 519 g/mol. The van der Waals surface area contributed by atoms with Crippen LogP contribution < -0.4 is 15.0 Å². The summed E-state index contributed by atoms with van der Waals surface area (Å²) in [5.41, 5.74) is 1.66. The summed E-state index contributed by atoms with van der Waals surface area (Å²) < 4.78 is 17.0. The Morgan fingerprint density at radius 1 is 1.31 bits per heavy atom. The number of carbonyl (C=O) groups excluding carboxylic acids is 2. The van der Waals surface area contributed by atoms with Crippen molar-refractivity contribution in [2.75, 3.05) is 19.1 Å². The Balaban J connectivity index is 1.67. The summed E-state index contributed by atoms with van der Waals surface area (Å²) in [6, 6.07) is 3.69. The first-order chi connectivity index (χ1) is 17.0. The first kappa shape index (κ1) is 26.5. The van der Waals surface area contributed by atoms with Crippen LogP contribution in [0.25, 0.3) is 0 Å². The van der Waals surface area contributed by atoms with Crippen LogP contribution in [0, 0.1) is 5.92 Å². The molecule has 2 amide bonds. The van der Waals surface area contributed by atoms with Crippen molar-refractivity contribution in [2.45, 2.75) is 76.4 Å². The smallest absolute Gasteiger partial charge is 0.407 e. The molecule has 0 aromatic heterocycles. The molecular weight excluding hydrogens is 484 g/mol. The van der Waals surface area contributed by atoms with E-state index in [0.29, 0.717) is 35.7 Å². The van der Waals surface area contributed by atoms with Crippen LogP contribution in [0.5, 0.6) is 5.75 Å². The summed E-state index contributed by atoms with van der Waals surface area (Å²) in [5, 5.41) is 14.2. The highest BCUT2D eigenvalue weighted by atomic mass is 35.5. The van der Waals surface area contributed by atoms with Gasteiger partial charge in [-0.2, -0.15) is 0 Å². The number of halogens is 1. The maximum Gasteiger partial charge on any atom is 0.407 e. The molecule has 0 spiro atoms. The molecule has 3 aliphatic heterocycles. The minimum absolute atomic E-state index is 0.0565. The maximum atomic E-state index is 13.2. The highest BCUT2D eigenvalue weighted by molar-refractivity contribution is 6.35. The van der Waals surface area contributed by atoms with E-state index in [1.54, 1.807) is 21.1 Å². The second kappa shape index (κ2) is 10.4. The molecule has 3 aliphatic rings. The monoisotopic (exact) mass is 518 g/mol. The molecule has 6 atom stereocenters. The number of carbonyl (C=O) groups is 2. The number of hydrogen-bond acceptors (Lipinski definition) is 6. The molecular formula is C27H35ClN2O6. The van der Waals surface area contributed by atoms with Gasteiger partial charge < -0.3 is 29.5 Å². The van der Waals surface area contributed by atoms with Crippen molar-refractivity contribution in [3.05, 3.63) is 46.5 Å². The summed E-state index contributed by atoms with van der Waals surface area (Å²) in [4.78, 5) is 26.9. The molecule has 1 aromatic carbocycles. The quantitative estimate of drug-likeness (QED) is 0.541. The molecule has 2 fully saturated rings. The van der Waals surface area contributed by atoms with E-state index in [1.807, 2.05) is 44.2 Å². The Bertz CT molecular complexity index is 1090. The van der Waals surface area contributed by atoms with Crippen LogP contribution in [0.15, 0.2) is 35.9 Å². The Kier molecular flexibility index (Phi) is 7.69. The molecule has 4 bridgehead atoms. The minimum Gasteiger partial charge on any atom is -0.495 e. The van der Waals surface area contributed by atoms with Gasteiger partial charge in [0.05, 0.1) is 31.4 Å². The van der Waals surface area contributed by atoms with Crippen molar-refractivity contribution in [3.63, 3.8) is 0 Å². The summed E-state index contributed by atoms with van der Waals surface area (Å²) in [5.74, 6) is 0.0378. The molecule has 3 unspecified atom stereocenters. The van der Waals surface area contributed by atoms with Gasteiger partial charge in [-0.1, -0.05) is 42.3 Å². The van der Waals surface area contributed by atoms with Crippen molar-refractivity contribution >= 4 is 29.3 Å². The second-order valence-electron chi connectivity index (χ2n) is 10.3. The fraction of sp³-hybridized carbons (Fsp3) is 0.556. The average Bonchev–Trinajstić information content (AvgIpc) is 3.53. The third kappa shape index (κ3) is 5.41. The van der Waals surface area contributed by atoms with Crippen molar-refractivity contribution in [1.29, 1.82) is 0 Å². The zero-order valence-corrected chi connectivity index (χ0v) is 22.2. The zero-order valence-electron chi connectivity index (χ0n) is 21.4. The number of hydrogen-bond donors (Lipinski definition) is 2. The number of ether oxygens (including phenoxy) is 3. The maximum absolute atomic E-state index is 13.2. The van der Waals surface area contributed by atoms with Gasteiger partial charge in [0.1, 0.15) is 22.5 Å². The van der Waals surface area contributed by atoms with E-state index < -0.39 is 17.8 Å². The van der Waals surface area contributed by atoms with Crippen LogP contribution >= 0.6 is 11.6 Å². The zero-order chi connectivity index (χ0) is 26.2. The predicted octanol–water partition coefficient (Wildman–Crippen LogP) is 4.17. The lowest BCUT2D eigenvalue weighted by Crippen LogP contribution is -2.49. The second-order valence-corrected chi connectivity index (χ2v) is 10.6. The summed E-state index contributed by atoms with van der Waals surface area (Å²) in [6.45, 7) is 5.78. The van der Waals surface area contributed by atoms with Gasteiger partial charge in [0.2, 0.25) is 5.91 Å². The molecule has 196 valence electrons. The SMILES string of the molecule is COc1cc2cc(c1Cl)N(C)C(=O)C[C@H](O)[C@]1(C)OC1[C@H](C)C1CC(C/C=C/C=C(\C)C2)NC(=O)O1. The molecule has 0 saturated carbocycles. The van der Waals surface area contributed by atoms with Gasteiger partial charge in [0, 0.05) is 25.4 Å². The van der Waals surface area contributed by atoms with E-state index in [4.69, 9.17) is 25.8 Å². The number of aliphatic hydroxyl groups is 1. The first-order valence-corrected chi connectivity index (χ1v) is 12.7. The van der Waals surface area contributed by atoms with Crippen molar-refractivity contribution in [1.82, 2.24) is 5.32 Å². The first-order valence-electron chi connectivity index (χ1n) is 12.3. The fourth-order valence-corrected chi connectivity index (χ4v) is 5.48. The van der Waals surface area contributed by atoms with Crippen LogP contribution in [0.1, 0.15) is 45.6 Å². The van der Waals surface area contributed by atoms with Gasteiger partial charge in [-0.3, -0.25) is 4.79 Å². The third-order valence-electron chi connectivity index (χ3n) is 7.53. The van der Waals surface area contributed by atoms with E-state index >= 15 is 0 Å². The van der Waals surface area contributed by atoms with E-state index in [0.717, 1.165) is 11.1 Å². The fourth-order valence-electron chi connectivity index (χ4n) is 5.16. The van der Waals surface area contributed by atoms with Gasteiger partial charge in [-0.15, -0.1) is 0 Å². The number of nitrogens with one attached hydrogen (secondary N) is 1. The highest BCUT2D eigenvalue weighted by Crippen LogP contribution is 2.47. The summed E-state index contributed by atoms with van der Waals surface area (Å²) >= 11 is 6.57. The highest BCUT2D eigenvalue weighted by Gasteiger charge is 2.61. The third-order valence-corrected chi connectivity index (χ3v) is 7.91. The number of benzene rings is 1. The van der Waals surface area contributed by atoms with Crippen LogP contribution in [-0.4, -0.2) is 61.2 Å². The number of fused-ring (bicyclic) bond motifs is 5. The molecule has 8 nitrogen and oxygen atoms in total. The number of nitrogens with zero attached hydrogens (tertiary/aromatic N) is 1. The predicted molar refractivity (Wildman–Crippen MR) is 138 cm³/mol. The van der Waals surface area contributed by atoms with Gasteiger partial charge in [-0.05, 0) is 44.4 Å². The number of rotatable bonds is 1. The number of aliphatic hydroxyl groups excluding tert-OH is 1. The molecule has 0 aliphatic carbocycles. The molecule has 3 heterocycles. The topological polar surface area (TPSA) is 101 Å². The number of anilines is 1. The number of methoxy groups -OCH3 is 1. The lowest BCUT2D eigenvalue weighted by molar-refractivity contribution is -0.121. The molecule has 4 rings (SSSR count). The van der Waals surface area contributed by atoms with Gasteiger partial charge in [-0.25, -0.2) is 4.79 Å². The van der Waals surface area contributed by atoms with Crippen molar-refractivity contribution in [2.24, 2.45) is 5.92 Å². The lowest BCUT2D eigenvalue weighted by Gasteiger charge is -2.33. The van der Waals surface area contributed by atoms with Gasteiger partial charge in [0.25, 0.3) is 0 Å². The van der Waals surface area contributed by atoms with Crippen LogP contribution in [0.4, 0.5) is 10.5 Å². The standard InChI is InChI=1S/C27H35ClN2O6/c1-15-8-6-7-9-18-13-20(35-26(33)29-18)16(2)25-27(3,36-25)22(31)14-23(32)30(4)19-11-17(10-15)12-21(34-5)24(19)28/h6-8,11-12,16,18,20,22,25,31H,9-10,13-14H2,1-5H3,(H,29,33)/b7-6+,15-8+/t16-,18?,20?,22+,25?,27+/m1/s1. The van der Waals surface area contributed by atoms with E-state index in [1.165, 1.54) is 4.90 Å². The normalized spacial score (nSPS) is 35.6. The molecule has 1 aromatic rings. The Morgan fingerprint density at radius 2 is 2.06 bits per heavy atom. The van der Waals surface area contributed by atoms with E-state index in [2.05, 4.69) is 5.32 Å². The summed E-state index contributed by atoms with van der Waals surface area (Å²) in [6.07, 6.45) is 5.70. The summed E-state index contributed by atoms with van der Waals surface area (Å²) in [7, 11) is 3.18. The molecule has 2 N–H and O–H groups in total. The number of amides is 2. The van der Waals surface area contributed by atoms with Crippen LogP contribution in [0.2, 0.25) is 5.02 Å². The minimum atomic E-state index is -1.04. The Morgan fingerprint density at radius 3 is 2.78 bits per heavy atom. The largest absolute Gasteiger partial charge is 0.495 e. The van der Waals surface area contributed by atoms with Crippen LogP contribution in [-0.2, 0) is 20.7 Å². The molecule has 36 heavy (non-hydrogen) atoms. The number of alkyl carbamates (subject to hydrolysis) is 1. The van der Waals surface area contributed by atoms with Crippen molar-refractivity contribution in [3.8, 4) is 5.75 Å². The number of epoxide rings is 1. The van der Waals surface area contributed by atoms with Gasteiger partial charge in [0.15, 0.2) is 0 Å². The molecule has 9 heteroatoms.